The van der Waals surface area contributed by atoms with Gasteiger partial charge in [0.25, 0.3) is 5.91 Å². The Morgan fingerprint density at radius 3 is 2.67 bits per heavy atom. The minimum Gasteiger partial charge on any atom is -0.463 e. The van der Waals surface area contributed by atoms with Crippen LogP contribution < -0.4 is 10.2 Å². The summed E-state index contributed by atoms with van der Waals surface area (Å²) < 4.78 is 18.1. The molecule has 2 N–H and O–H groups in total. The highest BCUT2D eigenvalue weighted by Crippen LogP contribution is 2.21. The number of carbonyl (C=O) groups excluding carboxylic acids is 2. The van der Waals surface area contributed by atoms with Gasteiger partial charge >= 0.3 is 0 Å². The first-order valence-electron chi connectivity index (χ1n) is 6.63. The van der Waals surface area contributed by atoms with Crippen molar-refractivity contribution in [2.45, 2.75) is 19.0 Å². The van der Waals surface area contributed by atoms with Crippen LogP contribution in [0.1, 0.15) is 12.2 Å². The maximum atomic E-state index is 12.9. The van der Waals surface area contributed by atoms with Crippen molar-refractivity contribution in [3.63, 3.8) is 0 Å². The molecule has 2 heterocycles. The Kier molecular flexibility index (Phi) is 3.53. The van der Waals surface area contributed by atoms with E-state index >= 15 is 0 Å². The molecule has 21 heavy (non-hydrogen) atoms. The lowest BCUT2D eigenvalue weighted by atomic mass is 10.2. The van der Waals surface area contributed by atoms with Crippen molar-refractivity contribution in [2.24, 2.45) is 0 Å². The SMILES string of the molecule is O=C1C[C@@H]([NH2+]Cc2ccco2)C(=O)N1c1ccc(F)cc1. The molecule has 1 saturated heterocycles. The van der Waals surface area contributed by atoms with Crippen LogP contribution in [0, 0.1) is 5.82 Å². The van der Waals surface area contributed by atoms with E-state index in [4.69, 9.17) is 4.42 Å². The van der Waals surface area contributed by atoms with Gasteiger partial charge in [0, 0.05) is 0 Å². The maximum absolute atomic E-state index is 12.9. The molecule has 0 saturated carbocycles. The van der Waals surface area contributed by atoms with Crippen LogP contribution in [0.25, 0.3) is 0 Å². The van der Waals surface area contributed by atoms with Gasteiger partial charge in [0.05, 0.1) is 18.4 Å². The van der Waals surface area contributed by atoms with E-state index in [-0.39, 0.29) is 18.2 Å². The summed E-state index contributed by atoms with van der Waals surface area (Å²) in [4.78, 5) is 25.4. The molecule has 0 bridgehead atoms. The van der Waals surface area contributed by atoms with Gasteiger partial charge in [-0.3, -0.25) is 9.59 Å². The van der Waals surface area contributed by atoms with Crippen molar-refractivity contribution < 1.29 is 23.7 Å². The number of nitrogens with two attached hydrogens (primary N) is 1. The number of anilines is 1. The van der Waals surface area contributed by atoms with Crippen LogP contribution in [0.4, 0.5) is 10.1 Å². The van der Waals surface area contributed by atoms with E-state index in [9.17, 15) is 14.0 Å². The Morgan fingerprint density at radius 1 is 1.24 bits per heavy atom. The highest BCUT2D eigenvalue weighted by atomic mass is 19.1. The number of amides is 2. The number of furan rings is 1. The molecule has 108 valence electrons. The molecule has 3 rings (SSSR count). The smallest absolute Gasteiger partial charge is 0.292 e. The van der Waals surface area contributed by atoms with Crippen molar-refractivity contribution in [1.82, 2.24) is 0 Å². The van der Waals surface area contributed by atoms with Crippen LogP contribution in [0.15, 0.2) is 47.1 Å². The molecule has 2 aromatic rings. The fraction of sp³-hybridized carbons (Fsp3) is 0.200. The predicted molar refractivity (Wildman–Crippen MR) is 71.6 cm³/mol. The van der Waals surface area contributed by atoms with E-state index in [1.54, 1.807) is 17.6 Å². The van der Waals surface area contributed by atoms with E-state index in [1.165, 1.54) is 24.3 Å². The zero-order valence-corrected chi connectivity index (χ0v) is 11.2. The van der Waals surface area contributed by atoms with Crippen LogP contribution in [-0.4, -0.2) is 17.9 Å². The number of quaternary nitrogens is 1. The zero-order valence-electron chi connectivity index (χ0n) is 11.2. The van der Waals surface area contributed by atoms with Gasteiger partial charge in [0.2, 0.25) is 5.91 Å². The Labute approximate surface area is 120 Å². The van der Waals surface area contributed by atoms with Crippen LogP contribution >= 0.6 is 0 Å². The van der Waals surface area contributed by atoms with Crippen LogP contribution in [-0.2, 0) is 16.1 Å². The fourth-order valence-electron chi connectivity index (χ4n) is 2.39. The Morgan fingerprint density at radius 2 is 2.00 bits per heavy atom. The molecule has 1 aromatic carbocycles. The largest absolute Gasteiger partial charge is 0.463 e. The number of hydrogen-bond acceptors (Lipinski definition) is 3. The van der Waals surface area contributed by atoms with Gasteiger partial charge in [-0.15, -0.1) is 0 Å². The number of benzene rings is 1. The minimum absolute atomic E-state index is 0.136. The van der Waals surface area contributed by atoms with Gasteiger partial charge in [0.1, 0.15) is 12.4 Å². The van der Waals surface area contributed by atoms with E-state index in [2.05, 4.69) is 0 Å². The summed E-state index contributed by atoms with van der Waals surface area (Å²) in [6, 6.07) is 8.45. The third kappa shape index (κ3) is 2.71. The number of hydrogen-bond donors (Lipinski definition) is 1. The fourth-order valence-corrected chi connectivity index (χ4v) is 2.39. The van der Waals surface area contributed by atoms with Crippen molar-refractivity contribution in [3.05, 3.63) is 54.2 Å². The van der Waals surface area contributed by atoms with Crippen LogP contribution in [0.2, 0.25) is 0 Å². The lowest BCUT2D eigenvalue weighted by Gasteiger charge is -2.13. The number of imide groups is 1. The molecule has 0 spiro atoms. The summed E-state index contributed by atoms with van der Waals surface area (Å²) in [5.41, 5.74) is 0.403. The van der Waals surface area contributed by atoms with Gasteiger partial charge in [-0.25, -0.2) is 9.29 Å². The lowest BCUT2D eigenvalue weighted by Crippen LogP contribution is -2.90. The lowest BCUT2D eigenvalue weighted by molar-refractivity contribution is -0.691. The molecular weight excluding hydrogens is 275 g/mol. The quantitative estimate of drug-likeness (QED) is 0.847. The monoisotopic (exact) mass is 289 g/mol. The van der Waals surface area contributed by atoms with E-state index in [0.29, 0.717) is 12.2 Å². The molecule has 1 fully saturated rings. The first-order valence-corrected chi connectivity index (χ1v) is 6.63. The van der Waals surface area contributed by atoms with Crippen molar-refractivity contribution in [3.8, 4) is 0 Å². The van der Waals surface area contributed by atoms with Gasteiger partial charge in [-0.2, -0.15) is 0 Å². The molecule has 1 aromatic heterocycles. The second kappa shape index (κ2) is 5.49. The Hall–Kier alpha value is -2.47. The first-order chi connectivity index (χ1) is 10.1. The van der Waals surface area contributed by atoms with E-state index in [1.807, 2.05) is 6.07 Å². The average Bonchev–Trinajstić information content (AvgIpc) is 3.07. The molecule has 1 atom stereocenters. The molecule has 1 aliphatic rings. The van der Waals surface area contributed by atoms with Crippen molar-refractivity contribution in [2.75, 3.05) is 4.90 Å². The van der Waals surface area contributed by atoms with Crippen LogP contribution in [0.5, 0.6) is 0 Å². The van der Waals surface area contributed by atoms with Gasteiger partial charge in [0.15, 0.2) is 11.8 Å². The molecule has 0 aliphatic carbocycles. The number of carbonyl (C=O) groups is 2. The first kappa shape index (κ1) is 13.5. The zero-order chi connectivity index (χ0) is 14.8. The molecular formula is C15H14FN2O3+. The van der Waals surface area contributed by atoms with E-state index < -0.39 is 11.9 Å². The third-order valence-corrected chi connectivity index (χ3v) is 3.45. The third-order valence-electron chi connectivity index (χ3n) is 3.45. The predicted octanol–water partition coefficient (Wildman–Crippen LogP) is 0.814. The summed E-state index contributed by atoms with van der Waals surface area (Å²) in [5, 5.41) is 1.78. The highest BCUT2D eigenvalue weighted by molar-refractivity contribution is 6.21. The average molecular weight is 289 g/mol. The number of nitrogens with zero attached hydrogens (tertiary/aromatic N) is 1. The summed E-state index contributed by atoms with van der Waals surface area (Å²) in [6.07, 6.45) is 1.70. The minimum atomic E-state index is -0.465. The standard InChI is InChI=1S/C15H13FN2O3/c16-10-3-5-11(6-4-10)18-14(19)8-13(15(18)20)17-9-12-2-1-7-21-12/h1-7,13,17H,8-9H2/p+1/t13-/m1/s1. The Bertz CT molecular complexity index is 652. The van der Waals surface area contributed by atoms with E-state index in [0.717, 1.165) is 10.7 Å². The normalized spacial score (nSPS) is 18.5. The molecule has 0 unspecified atom stereocenters. The molecule has 6 heteroatoms. The maximum Gasteiger partial charge on any atom is 0.292 e. The van der Waals surface area contributed by atoms with Crippen molar-refractivity contribution >= 4 is 17.5 Å². The van der Waals surface area contributed by atoms with Crippen LogP contribution in [0.3, 0.4) is 0 Å². The molecule has 5 nitrogen and oxygen atoms in total. The van der Waals surface area contributed by atoms with Gasteiger partial charge in [-0.1, -0.05) is 0 Å². The summed E-state index contributed by atoms with van der Waals surface area (Å²) in [5.74, 6) is -0.209. The molecule has 1 aliphatic heterocycles. The Balaban J connectivity index is 1.71. The second-order valence-electron chi connectivity index (χ2n) is 4.87. The van der Waals surface area contributed by atoms with Gasteiger partial charge in [-0.05, 0) is 36.4 Å². The summed E-state index contributed by atoms with van der Waals surface area (Å²) in [6.45, 7) is 0.494. The number of halogens is 1. The molecule has 0 radical (unpaired) electrons. The summed E-state index contributed by atoms with van der Waals surface area (Å²) in [7, 11) is 0. The highest BCUT2D eigenvalue weighted by Gasteiger charge is 2.42. The molecule has 2 amide bonds. The topological polar surface area (TPSA) is 67.1 Å². The summed E-state index contributed by atoms with van der Waals surface area (Å²) >= 11 is 0. The number of rotatable bonds is 4. The second-order valence-corrected chi connectivity index (χ2v) is 4.87. The van der Waals surface area contributed by atoms with Gasteiger partial charge < -0.3 is 9.73 Å². The van der Waals surface area contributed by atoms with Crippen molar-refractivity contribution in [1.29, 1.82) is 0 Å².